The van der Waals surface area contributed by atoms with Gasteiger partial charge in [-0.2, -0.15) is 5.26 Å². The third-order valence-corrected chi connectivity index (χ3v) is 6.74. The fourth-order valence-electron chi connectivity index (χ4n) is 4.74. The molecule has 0 saturated carbocycles. The predicted octanol–water partition coefficient (Wildman–Crippen LogP) is 5.30. The molecule has 2 aromatic rings. The number of benzene rings is 2. The Morgan fingerprint density at radius 2 is 1.97 bits per heavy atom. The Morgan fingerprint density at radius 3 is 2.58 bits per heavy atom. The number of carbonyl (C=O) groups is 1. The maximum absolute atomic E-state index is 13.5. The molecule has 33 heavy (non-hydrogen) atoms. The number of aryl methyl sites for hydroxylation is 1. The zero-order valence-corrected chi connectivity index (χ0v) is 19.8. The van der Waals surface area contributed by atoms with Crippen LogP contribution < -0.4 is 15.4 Å². The summed E-state index contributed by atoms with van der Waals surface area (Å²) >= 11 is 6.41. The van der Waals surface area contributed by atoms with Gasteiger partial charge in [-0.15, -0.1) is 0 Å². The number of nitrogens with zero attached hydrogens (tertiary/aromatic N) is 2. The molecule has 4 rings (SSSR count). The van der Waals surface area contributed by atoms with Crippen molar-refractivity contribution in [2.45, 2.75) is 39.5 Å². The summed E-state index contributed by atoms with van der Waals surface area (Å²) in [5.41, 5.74) is 10.1. The average molecular weight is 464 g/mol. The summed E-state index contributed by atoms with van der Waals surface area (Å²) in [5, 5.41) is 21.1. The molecule has 3 N–H and O–H groups in total. The molecule has 0 saturated heterocycles. The SMILES string of the molecule is COc1ccc([C@H]2C(C#N)=C(N)N(c3ccc(C)c(Cl)c3)C3=C2C(=O)CC(C)(C)C3)cc1O. The highest BCUT2D eigenvalue weighted by atomic mass is 35.5. The second-order valence-electron chi connectivity index (χ2n) is 9.35. The quantitative estimate of drug-likeness (QED) is 0.640. The molecule has 0 aromatic heterocycles. The van der Waals surface area contributed by atoms with Crippen molar-refractivity contribution in [2.24, 2.45) is 11.1 Å². The van der Waals surface area contributed by atoms with Gasteiger partial charge in [0.2, 0.25) is 0 Å². The van der Waals surface area contributed by atoms with E-state index in [1.165, 1.54) is 13.2 Å². The van der Waals surface area contributed by atoms with Crippen LogP contribution in [0.15, 0.2) is 59.1 Å². The van der Waals surface area contributed by atoms with Crippen LogP contribution in [0, 0.1) is 23.7 Å². The van der Waals surface area contributed by atoms with Gasteiger partial charge in [-0.3, -0.25) is 9.69 Å². The van der Waals surface area contributed by atoms with Crippen molar-refractivity contribution >= 4 is 23.1 Å². The zero-order valence-electron chi connectivity index (χ0n) is 19.1. The Labute approximate surface area is 198 Å². The highest BCUT2D eigenvalue weighted by Gasteiger charge is 2.44. The van der Waals surface area contributed by atoms with Gasteiger partial charge in [-0.05, 0) is 54.2 Å². The second-order valence-corrected chi connectivity index (χ2v) is 9.75. The number of halogens is 1. The van der Waals surface area contributed by atoms with Crippen LogP contribution in [0.3, 0.4) is 0 Å². The average Bonchev–Trinajstić information content (AvgIpc) is 2.74. The molecule has 6 nitrogen and oxygen atoms in total. The first-order chi connectivity index (χ1) is 15.6. The zero-order chi connectivity index (χ0) is 24.1. The van der Waals surface area contributed by atoms with Crippen LogP contribution in [-0.2, 0) is 4.79 Å². The first-order valence-electron chi connectivity index (χ1n) is 10.7. The summed E-state index contributed by atoms with van der Waals surface area (Å²) in [6.07, 6.45) is 0.948. The lowest BCUT2D eigenvalue weighted by atomic mass is 9.68. The standard InChI is InChI=1S/C26H26ClN3O3/c1-14-5-7-16(10-18(14)27)30-19-11-26(2,3)12-21(32)24(19)23(17(13-28)25(30)29)15-6-8-22(33-4)20(31)9-15/h5-10,23,31H,11-12,29H2,1-4H3/t23-/m0/s1. The number of methoxy groups -OCH3 is 1. The largest absolute Gasteiger partial charge is 0.504 e. The molecule has 0 fully saturated rings. The second kappa shape index (κ2) is 8.17. The Kier molecular flexibility index (Phi) is 5.63. The van der Waals surface area contributed by atoms with E-state index < -0.39 is 5.92 Å². The van der Waals surface area contributed by atoms with Crippen molar-refractivity contribution in [3.8, 4) is 17.6 Å². The normalized spacial score (nSPS) is 19.9. The Bertz CT molecular complexity index is 1270. The fraction of sp³-hybridized carbons (Fsp3) is 0.308. The van der Waals surface area contributed by atoms with Crippen molar-refractivity contribution in [1.29, 1.82) is 5.26 Å². The number of nitrogens with two attached hydrogens (primary N) is 1. The number of hydrogen-bond acceptors (Lipinski definition) is 6. The number of allylic oxidation sites excluding steroid dienone is 3. The monoisotopic (exact) mass is 463 g/mol. The van der Waals surface area contributed by atoms with Crippen molar-refractivity contribution < 1.29 is 14.6 Å². The van der Waals surface area contributed by atoms with Crippen LogP contribution in [0.1, 0.15) is 43.7 Å². The van der Waals surface area contributed by atoms with Gasteiger partial charge in [0.05, 0.1) is 24.7 Å². The first kappa shape index (κ1) is 22.8. The summed E-state index contributed by atoms with van der Waals surface area (Å²) in [7, 11) is 1.46. The van der Waals surface area contributed by atoms with Crippen LogP contribution in [0.5, 0.6) is 11.5 Å². The van der Waals surface area contributed by atoms with E-state index in [2.05, 4.69) is 6.07 Å². The van der Waals surface area contributed by atoms with E-state index in [9.17, 15) is 15.2 Å². The number of hydrogen-bond donors (Lipinski definition) is 2. The number of nitriles is 1. The maximum atomic E-state index is 13.5. The van der Waals surface area contributed by atoms with Gasteiger partial charge in [0.1, 0.15) is 5.82 Å². The Balaban J connectivity index is 1.99. The number of carbonyl (C=O) groups excluding carboxylic acids is 1. The molecule has 1 aliphatic heterocycles. The molecule has 0 bridgehead atoms. The number of phenols is 1. The van der Waals surface area contributed by atoms with Crippen molar-refractivity contribution in [3.63, 3.8) is 0 Å². The van der Waals surface area contributed by atoms with Crippen LogP contribution in [0.2, 0.25) is 5.02 Å². The molecule has 1 aliphatic carbocycles. The number of rotatable bonds is 3. The van der Waals surface area contributed by atoms with E-state index >= 15 is 0 Å². The van der Waals surface area contributed by atoms with E-state index in [0.29, 0.717) is 40.4 Å². The Hall–Kier alpha value is -3.43. The minimum Gasteiger partial charge on any atom is -0.504 e. The third-order valence-electron chi connectivity index (χ3n) is 6.33. The minimum atomic E-state index is -0.678. The number of anilines is 1. The van der Waals surface area contributed by atoms with Crippen LogP contribution in [-0.4, -0.2) is 18.0 Å². The molecule has 1 heterocycles. The van der Waals surface area contributed by atoms with Gasteiger partial charge in [0.25, 0.3) is 0 Å². The summed E-state index contributed by atoms with van der Waals surface area (Å²) in [5.74, 6) is -0.217. The fourth-order valence-corrected chi connectivity index (χ4v) is 4.92. The molecule has 7 heteroatoms. The molecule has 2 aliphatic rings. The lowest BCUT2D eigenvalue weighted by molar-refractivity contribution is -0.118. The van der Waals surface area contributed by atoms with E-state index in [1.54, 1.807) is 23.1 Å². The Morgan fingerprint density at radius 1 is 1.24 bits per heavy atom. The summed E-state index contributed by atoms with van der Waals surface area (Å²) < 4.78 is 5.16. The third kappa shape index (κ3) is 3.83. The van der Waals surface area contributed by atoms with Gasteiger partial charge >= 0.3 is 0 Å². The molecule has 0 unspecified atom stereocenters. The number of ether oxygens (including phenoxy) is 1. The van der Waals surface area contributed by atoms with Crippen molar-refractivity contribution in [2.75, 3.05) is 12.0 Å². The van der Waals surface area contributed by atoms with Gasteiger partial charge in [-0.1, -0.05) is 37.6 Å². The number of phenolic OH excluding ortho intramolecular Hbond substituents is 1. The molecular formula is C26H26ClN3O3. The van der Waals surface area contributed by atoms with E-state index in [4.69, 9.17) is 22.1 Å². The van der Waals surface area contributed by atoms with Gasteiger partial charge in [0.15, 0.2) is 17.3 Å². The van der Waals surface area contributed by atoms with Gasteiger partial charge in [-0.25, -0.2) is 0 Å². The molecule has 0 radical (unpaired) electrons. The molecule has 0 spiro atoms. The number of ketones is 1. The van der Waals surface area contributed by atoms with E-state index in [1.807, 2.05) is 32.9 Å². The molecule has 170 valence electrons. The molecule has 2 aromatic carbocycles. The number of aromatic hydroxyl groups is 1. The lowest BCUT2D eigenvalue weighted by Crippen LogP contribution is -2.42. The lowest BCUT2D eigenvalue weighted by Gasteiger charge is -2.43. The first-order valence-corrected chi connectivity index (χ1v) is 11.0. The topological polar surface area (TPSA) is 99.6 Å². The molecule has 1 atom stereocenters. The maximum Gasteiger partial charge on any atom is 0.162 e. The predicted molar refractivity (Wildman–Crippen MR) is 128 cm³/mol. The number of Topliss-reactive ketones (excluding diaryl/α,β-unsaturated/α-hetero) is 1. The van der Waals surface area contributed by atoms with Crippen LogP contribution in [0.25, 0.3) is 0 Å². The molecule has 0 amide bonds. The van der Waals surface area contributed by atoms with Crippen molar-refractivity contribution in [1.82, 2.24) is 0 Å². The summed E-state index contributed by atoms with van der Waals surface area (Å²) in [4.78, 5) is 15.3. The van der Waals surface area contributed by atoms with Crippen molar-refractivity contribution in [3.05, 3.63) is 75.2 Å². The summed E-state index contributed by atoms with van der Waals surface area (Å²) in [6, 6.07) is 12.7. The summed E-state index contributed by atoms with van der Waals surface area (Å²) in [6.45, 7) is 6.00. The minimum absolute atomic E-state index is 0.0370. The highest BCUT2D eigenvalue weighted by molar-refractivity contribution is 6.31. The van der Waals surface area contributed by atoms with E-state index in [-0.39, 0.29) is 28.3 Å². The van der Waals surface area contributed by atoms with E-state index in [0.717, 1.165) is 11.3 Å². The highest BCUT2D eigenvalue weighted by Crippen LogP contribution is 2.51. The van der Waals surface area contributed by atoms with Crippen LogP contribution in [0.4, 0.5) is 5.69 Å². The van der Waals surface area contributed by atoms with Gasteiger partial charge < -0.3 is 15.6 Å². The van der Waals surface area contributed by atoms with Gasteiger partial charge in [0, 0.05) is 28.4 Å². The van der Waals surface area contributed by atoms with Crippen LogP contribution >= 0.6 is 11.6 Å². The molecular weight excluding hydrogens is 438 g/mol. The smallest absolute Gasteiger partial charge is 0.162 e.